The Bertz CT molecular complexity index is 1530. The number of carbonyl (C=O) groups excluding carboxylic acids is 1. The van der Waals surface area contributed by atoms with Crippen molar-refractivity contribution >= 4 is 35.0 Å². The zero-order valence-electron chi connectivity index (χ0n) is 20.7. The maximum Gasteiger partial charge on any atom is 0.338 e. The van der Waals surface area contributed by atoms with E-state index >= 15 is 0 Å². The van der Waals surface area contributed by atoms with E-state index < -0.39 is 12.0 Å². The maximum atomic E-state index is 13.7. The summed E-state index contributed by atoms with van der Waals surface area (Å²) in [6.45, 7) is 8.10. The van der Waals surface area contributed by atoms with E-state index in [9.17, 15) is 14.7 Å². The van der Waals surface area contributed by atoms with Crippen LogP contribution in [0, 0.1) is 0 Å². The third kappa shape index (κ3) is 4.70. The molecule has 0 saturated heterocycles. The molecule has 1 aliphatic rings. The standard InChI is InChI=1S/C27H27ClN2O5S/c1-6-35-20-12-16(11-19(28)24(20)31)13-21-25(32)30-23(18-9-7-17(8-10-18)14(2)3)22(26(33)34-5)15(4)29-27(30)36-21/h7-14,23,31H,6H2,1-5H3/b21-13-/t23-/m0/s1. The Morgan fingerprint density at radius 3 is 2.58 bits per heavy atom. The summed E-state index contributed by atoms with van der Waals surface area (Å²) in [4.78, 5) is 31.6. The zero-order valence-corrected chi connectivity index (χ0v) is 22.2. The minimum Gasteiger partial charge on any atom is -0.503 e. The highest BCUT2D eigenvalue weighted by molar-refractivity contribution is 7.07. The molecule has 0 fully saturated rings. The van der Waals surface area contributed by atoms with Gasteiger partial charge < -0.3 is 14.6 Å². The second-order valence-electron chi connectivity index (χ2n) is 8.68. The molecule has 0 saturated carbocycles. The molecule has 0 aliphatic carbocycles. The van der Waals surface area contributed by atoms with E-state index in [1.165, 1.54) is 23.0 Å². The lowest BCUT2D eigenvalue weighted by Crippen LogP contribution is -2.39. The van der Waals surface area contributed by atoms with Crippen LogP contribution in [0.1, 0.15) is 56.3 Å². The van der Waals surface area contributed by atoms with Crippen LogP contribution < -0.4 is 19.6 Å². The number of benzene rings is 2. The van der Waals surface area contributed by atoms with Gasteiger partial charge in [-0.15, -0.1) is 0 Å². The van der Waals surface area contributed by atoms with Crippen molar-refractivity contribution in [2.24, 2.45) is 4.99 Å². The molecule has 1 N–H and O–H groups in total. The molecule has 7 nitrogen and oxygen atoms in total. The molecule has 1 atom stereocenters. The average Bonchev–Trinajstić information content (AvgIpc) is 3.15. The Labute approximate surface area is 217 Å². The Kier molecular flexibility index (Phi) is 7.38. The fraction of sp³-hybridized carbons (Fsp3) is 0.296. The predicted octanol–water partition coefficient (Wildman–Crippen LogP) is 4.29. The quantitative estimate of drug-likeness (QED) is 0.484. The van der Waals surface area contributed by atoms with Gasteiger partial charge in [0.15, 0.2) is 16.3 Å². The molecule has 4 rings (SSSR count). The van der Waals surface area contributed by atoms with Gasteiger partial charge in [-0.1, -0.05) is 61.1 Å². The van der Waals surface area contributed by atoms with Crippen LogP contribution in [0.3, 0.4) is 0 Å². The first-order valence-corrected chi connectivity index (χ1v) is 12.7. The minimum absolute atomic E-state index is 0.118. The van der Waals surface area contributed by atoms with Crippen molar-refractivity contribution in [2.75, 3.05) is 13.7 Å². The van der Waals surface area contributed by atoms with Gasteiger partial charge in [0, 0.05) is 0 Å². The Hall–Kier alpha value is -3.36. The summed E-state index contributed by atoms with van der Waals surface area (Å²) in [5, 5.41) is 10.3. The molecular weight excluding hydrogens is 500 g/mol. The summed E-state index contributed by atoms with van der Waals surface area (Å²) in [5.41, 5.74) is 3.05. The van der Waals surface area contributed by atoms with Crippen LogP contribution in [0.15, 0.2) is 57.5 Å². The lowest BCUT2D eigenvalue weighted by molar-refractivity contribution is -0.136. The second-order valence-corrected chi connectivity index (χ2v) is 10.1. The average molecular weight is 527 g/mol. The molecule has 1 aliphatic heterocycles. The molecule has 1 aromatic heterocycles. The maximum absolute atomic E-state index is 13.7. The second kappa shape index (κ2) is 10.3. The fourth-order valence-electron chi connectivity index (χ4n) is 4.17. The molecule has 3 aromatic rings. The van der Waals surface area contributed by atoms with Crippen molar-refractivity contribution in [1.82, 2.24) is 4.57 Å². The number of fused-ring (bicyclic) bond motifs is 1. The number of halogens is 1. The fourth-order valence-corrected chi connectivity index (χ4v) is 5.43. The number of aromatic nitrogens is 1. The number of allylic oxidation sites excluding steroid dienone is 1. The lowest BCUT2D eigenvalue weighted by Gasteiger charge is -2.24. The van der Waals surface area contributed by atoms with Gasteiger partial charge in [-0.2, -0.15) is 0 Å². The number of methoxy groups -OCH3 is 1. The van der Waals surface area contributed by atoms with Crippen molar-refractivity contribution < 1.29 is 19.4 Å². The molecule has 0 radical (unpaired) electrons. The topological polar surface area (TPSA) is 90.1 Å². The number of hydrogen-bond acceptors (Lipinski definition) is 7. The van der Waals surface area contributed by atoms with E-state index in [1.807, 2.05) is 24.3 Å². The molecule has 2 heterocycles. The van der Waals surface area contributed by atoms with Crippen LogP contribution >= 0.6 is 22.9 Å². The third-order valence-electron chi connectivity index (χ3n) is 5.99. The first-order chi connectivity index (χ1) is 17.2. The van der Waals surface area contributed by atoms with E-state index in [2.05, 4.69) is 18.8 Å². The van der Waals surface area contributed by atoms with Gasteiger partial charge in [-0.25, -0.2) is 9.79 Å². The van der Waals surface area contributed by atoms with E-state index in [-0.39, 0.29) is 22.1 Å². The number of nitrogens with zero attached hydrogens (tertiary/aromatic N) is 2. The first kappa shape index (κ1) is 25.7. The minimum atomic E-state index is -0.681. The number of hydrogen-bond donors (Lipinski definition) is 1. The van der Waals surface area contributed by atoms with Gasteiger partial charge in [0.2, 0.25) is 0 Å². The molecule has 0 unspecified atom stereocenters. The van der Waals surface area contributed by atoms with Crippen molar-refractivity contribution in [2.45, 2.75) is 39.7 Å². The lowest BCUT2D eigenvalue weighted by atomic mass is 9.93. The predicted molar refractivity (Wildman–Crippen MR) is 141 cm³/mol. The Morgan fingerprint density at radius 1 is 1.28 bits per heavy atom. The van der Waals surface area contributed by atoms with Gasteiger partial charge in [-0.05, 0) is 54.7 Å². The van der Waals surface area contributed by atoms with Gasteiger partial charge in [-0.3, -0.25) is 9.36 Å². The molecule has 36 heavy (non-hydrogen) atoms. The highest BCUT2D eigenvalue weighted by Crippen LogP contribution is 2.35. The van der Waals surface area contributed by atoms with Gasteiger partial charge in [0.05, 0.1) is 40.6 Å². The number of carbonyl (C=O) groups is 1. The number of phenols is 1. The van der Waals surface area contributed by atoms with Crippen LogP contribution in [0.2, 0.25) is 5.02 Å². The molecule has 188 valence electrons. The van der Waals surface area contributed by atoms with Crippen LogP contribution in [-0.4, -0.2) is 29.4 Å². The molecule has 2 aromatic carbocycles. The van der Waals surface area contributed by atoms with Crippen molar-refractivity contribution in [3.8, 4) is 11.5 Å². The summed E-state index contributed by atoms with van der Waals surface area (Å²) in [7, 11) is 1.32. The molecule has 0 bridgehead atoms. The van der Waals surface area contributed by atoms with E-state index in [0.717, 1.165) is 11.1 Å². The van der Waals surface area contributed by atoms with Crippen LogP contribution in [0.5, 0.6) is 11.5 Å². The number of esters is 1. The highest BCUT2D eigenvalue weighted by atomic mass is 35.5. The number of phenolic OH excluding ortho intramolecular Hbond substituents is 1. The summed E-state index contributed by atoms with van der Waals surface area (Å²) >= 11 is 7.40. The number of thiazole rings is 1. The summed E-state index contributed by atoms with van der Waals surface area (Å²) in [6.07, 6.45) is 1.67. The van der Waals surface area contributed by atoms with Gasteiger partial charge in [0.1, 0.15) is 0 Å². The van der Waals surface area contributed by atoms with Crippen molar-refractivity contribution in [1.29, 1.82) is 0 Å². The third-order valence-corrected chi connectivity index (χ3v) is 7.27. The first-order valence-electron chi connectivity index (χ1n) is 11.5. The normalized spacial score (nSPS) is 15.6. The van der Waals surface area contributed by atoms with Crippen LogP contribution in [0.25, 0.3) is 6.08 Å². The van der Waals surface area contributed by atoms with Crippen LogP contribution in [-0.2, 0) is 9.53 Å². The molecule has 9 heteroatoms. The Balaban J connectivity index is 1.93. The van der Waals surface area contributed by atoms with E-state index in [1.54, 1.807) is 32.1 Å². The monoisotopic (exact) mass is 526 g/mol. The molecule has 0 spiro atoms. The highest BCUT2D eigenvalue weighted by Gasteiger charge is 2.33. The smallest absolute Gasteiger partial charge is 0.338 e. The summed E-state index contributed by atoms with van der Waals surface area (Å²) in [6, 6.07) is 10.4. The Morgan fingerprint density at radius 2 is 1.97 bits per heavy atom. The molecule has 0 amide bonds. The van der Waals surface area contributed by atoms with Gasteiger partial charge >= 0.3 is 5.97 Å². The summed E-state index contributed by atoms with van der Waals surface area (Å²) in [5.74, 6) is -0.108. The van der Waals surface area contributed by atoms with E-state index in [4.69, 9.17) is 21.1 Å². The van der Waals surface area contributed by atoms with Crippen molar-refractivity contribution in [3.63, 3.8) is 0 Å². The van der Waals surface area contributed by atoms with Crippen molar-refractivity contribution in [3.05, 3.63) is 89.1 Å². The number of ether oxygens (including phenoxy) is 2. The largest absolute Gasteiger partial charge is 0.503 e. The zero-order chi connectivity index (χ0) is 26.1. The van der Waals surface area contributed by atoms with E-state index in [0.29, 0.717) is 38.7 Å². The van der Waals surface area contributed by atoms with Gasteiger partial charge in [0.25, 0.3) is 5.56 Å². The summed E-state index contributed by atoms with van der Waals surface area (Å²) < 4.78 is 12.5. The number of aromatic hydroxyl groups is 1. The molecular formula is C27H27ClN2O5S. The number of rotatable bonds is 6. The van der Waals surface area contributed by atoms with Crippen LogP contribution in [0.4, 0.5) is 0 Å². The SMILES string of the molecule is CCOc1cc(/C=c2\sc3n(c2=O)[C@@H](c2ccc(C(C)C)cc2)C(C(=O)OC)=C(C)N=3)cc(Cl)c1O.